The van der Waals surface area contributed by atoms with Crippen LogP contribution in [0.25, 0.3) is 0 Å². The van der Waals surface area contributed by atoms with E-state index in [2.05, 4.69) is 5.32 Å². The van der Waals surface area contributed by atoms with Gasteiger partial charge in [-0.3, -0.25) is 0 Å². The van der Waals surface area contributed by atoms with Crippen molar-refractivity contribution in [1.29, 1.82) is 0 Å². The van der Waals surface area contributed by atoms with Gasteiger partial charge in [-0.25, -0.2) is 4.39 Å². The van der Waals surface area contributed by atoms with Gasteiger partial charge in [-0.05, 0) is 24.3 Å². The highest BCUT2D eigenvalue weighted by molar-refractivity contribution is 5.85. The number of alkyl halides is 1. The maximum atomic E-state index is 13.0. The van der Waals surface area contributed by atoms with Gasteiger partial charge in [-0.1, -0.05) is 0 Å². The standard InChI is InChI=1S/C11H15FN2O.ClH/c1-13-9-2-4-10(5-3-9)14-6-7-15-11(12)8-14;/h2-5,11,13H,6-8H2,1H3;1H. The van der Waals surface area contributed by atoms with Crippen LogP contribution in [0.2, 0.25) is 0 Å². The molecule has 0 spiro atoms. The molecule has 1 atom stereocenters. The summed E-state index contributed by atoms with van der Waals surface area (Å²) in [6, 6.07) is 7.95. The topological polar surface area (TPSA) is 24.5 Å². The van der Waals surface area contributed by atoms with Crippen molar-refractivity contribution in [3.05, 3.63) is 24.3 Å². The van der Waals surface area contributed by atoms with Crippen LogP contribution in [0.1, 0.15) is 0 Å². The number of hydrogen-bond acceptors (Lipinski definition) is 3. The summed E-state index contributed by atoms with van der Waals surface area (Å²) in [5.74, 6) is 0. The van der Waals surface area contributed by atoms with Gasteiger partial charge in [-0.2, -0.15) is 0 Å². The first-order valence-electron chi connectivity index (χ1n) is 5.08. The first-order chi connectivity index (χ1) is 7.29. The lowest BCUT2D eigenvalue weighted by atomic mass is 10.2. The quantitative estimate of drug-likeness (QED) is 0.867. The Morgan fingerprint density at radius 3 is 2.62 bits per heavy atom. The van der Waals surface area contributed by atoms with Crippen LogP contribution in [0.4, 0.5) is 15.8 Å². The summed E-state index contributed by atoms with van der Waals surface area (Å²) in [4.78, 5) is 1.99. The Morgan fingerprint density at radius 1 is 1.38 bits per heavy atom. The van der Waals surface area contributed by atoms with E-state index in [-0.39, 0.29) is 12.4 Å². The molecule has 1 N–H and O–H groups in total. The van der Waals surface area contributed by atoms with E-state index in [1.165, 1.54) is 0 Å². The van der Waals surface area contributed by atoms with E-state index in [4.69, 9.17) is 4.74 Å². The van der Waals surface area contributed by atoms with Crippen molar-refractivity contribution >= 4 is 23.8 Å². The third kappa shape index (κ3) is 3.00. The SMILES string of the molecule is CNc1ccc(N2CCOC(F)C2)cc1.Cl. The van der Waals surface area contributed by atoms with Crippen LogP contribution in [-0.4, -0.2) is 33.1 Å². The summed E-state index contributed by atoms with van der Waals surface area (Å²) in [5, 5.41) is 3.05. The van der Waals surface area contributed by atoms with E-state index < -0.39 is 6.36 Å². The molecule has 5 heteroatoms. The number of anilines is 2. The third-order valence-electron chi connectivity index (χ3n) is 2.54. The molecule has 1 aromatic rings. The van der Waals surface area contributed by atoms with Crippen LogP contribution in [-0.2, 0) is 4.74 Å². The number of rotatable bonds is 2. The molecule has 1 heterocycles. The fraction of sp³-hybridized carbons (Fsp3) is 0.455. The first kappa shape index (κ1) is 13.1. The second-order valence-electron chi connectivity index (χ2n) is 3.52. The van der Waals surface area contributed by atoms with Gasteiger partial charge in [0.15, 0.2) is 0 Å². The maximum absolute atomic E-state index is 13.0. The molecular weight excluding hydrogens is 231 g/mol. The van der Waals surface area contributed by atoms with Crippen molar-refractivity contribution in [2.45, 2.75) is 6.36 Å². The Bertz CT molecular complexity index is 320. The Labute approximate surface area is 101 Å². The molecule has 1 fully saturated rings. The number of morpholine rings is 1. The highest BCUT2D eigenvalue weighted by atomic mass is 35.5. The maximum Gasteiger partial charge on any atom is 0.216 e. The zero-order valence-corrected chi connectivity index (χ0v) is 9.97. The van der Waals surface area contributed by atoms with Crippen LogP contribution in [0.3, 0.4) is 0 Å². The highest BCUT2D eigenvalue weighted by Gasteiger charge is 2.19. The molecule has 1 saturated heterocycles. The number of nitrogens with zero attached hydrogens (tertiary/aromatic N) is 1. The zero-order valence-electron chi connectivity index (χ0n) is 9.15. The van der Waals surface area contributed by atoms with Gasteiger partial charge < -0.3 is 15.0 Å². The molecule has 0 aliphatic carbocycles. The van der Waals surface area contributed by atoms with E-state index >= 15 is 0 Å². The third-order valence-corrected chi connectivity index (χ3v) is 2.54. The summed E-state index contributed by atoms with van der Waals surface area (Å²) < 4.78 is 17.8. The Kier molecular flexibility index (Phi) is 4.83. The summed E-state index contributed by atoms with van der Waals surface area (Å²) >= 11 is 0. The minimum atomic E-state index is -1.16. The second kappa shape index (κ2) is 5.92. The van der Waals surface area contributed by atoms with Crippen LogP contribution in [0, 0.1) is 0 Å². The van der Waals surface area contributed by atoms with E-state index in [9.17, 15) is 4.39 Å². The normalized spacial score (nSPS) is 20.1. The van der Waals surface area contributed by atoms with Gasteiger partial charge in [0, 0.05) is 25.0 Å². The second-order valence-corrected chi connectivity index (χ2v) is 3.52. The van der Waals surface area contributed by atoms with Gasteiger partial charge in [-0.15, -0.1) is 12.4 Å². The van der Waals surface area contributed by atoms with Crippen molar-refractivity contribution in [2.75, 3.05) is 37.0 Å². The number of nitrogens with one attached hydrogen (secondary N) is 1. The van der Waals surface area contributed by atoms with Gasteiger partial charge >= 0.3 is 0 Å². The summed E-state index contributed by atoms with van der Waals surface area (Å²) in [5.41, 5.74) is 2.10. The van der Waals surface area contributed by atoms with Crippen molar-refractivity contribution in [2.24, 2.45) is 0 Å². The molecule has 0 saturated carbocycles. The molecule has 90 valence electrons. The van der Waals surface area contributed by atoms with Gasteiger partial charge in [0.1, 0.15) is 0 Å². The Hall–Kier alpha value is -1.00. The molecule has 1 unspecified atom stereocenters. The summed E-state index contributed by atoms with van der Waals surface area (Å²) in [6.07, 6.45) is -1.16. The van der Waals surface area contributed by atoms with Crippen molar-refractivity contribution in [3.8, 4) is 0 Å². The van der Waals surface area contributed by atoms with Crippen molar-refractivity contribution < 1.29 is 9.13 Å². The monoisotopic (exact) mass is 246 g/mol. The predicted molar refractivity (Wildman–Crippen MR) is 66.3 cm³/mol. The van der Waals surface area contributed by atoms with E-state index in [1.807, 2.05) is 36.2 Å². The van der Waals surface area contributed by atoms with Gasteiger partial charge in [0.2, 0.25) is 6.36 Å². The smallest absolute Gasteiger partial charge is 0.216 e. The van der Waals surface area contributed by atoms with E-state index in [1.54, 1.807) is 0 Å². The number of halogens is 2. The highest BCUT2D eigenvalue weighted by Crippen LogP contribution is 2.20. The summed E-state index contributed by atoms with van der Waals surface area (Å²) in [6.45, 7) is 1.52. The largest absolute Gasteiger partial charge is 0.388 e. The van der Waals surface area contributed by atoms with Crippen LogP contribution < -0.4 is 10.2 Å². The molecule has 1 aromatic carbocycles. The van der Waals surface area contributed by atoms with Gasteiger partial charge in [0.05, 0.1) is 13.2 Å². The molecule has 0 amide bonds. The van der Waals surface area contributed by atoms with Crippen molar-refractivity contribution in [1.82, 2.24) is 0 Å². The van der Waals surface area contributed by atoms with Gasteiger partial charge in [0.25, 0.3) is 0 Å². The van der Waals surface area contributed by atoms with Crippen LogP contribution in [0.5, 0.6) is 0 Å². The van der Waals surface area contributed by atoms with Crippen molar-refractivity contribution in [3.63, 3.8) is 0 Å². The minimum Gasteiger partial charge on any atom is -0.388 e. The van der Waals surface area contributed by atoms with Crippen LogP contribution >= 0.6 is 12.4 Å². The molecule has 0 bridgehead atoms. The molecular formula is C11H16ClFN2O. The first-order valence-corrected chi connectivity index (χ1v) is 5.08. The number of ether oxygens (including phenoxy) is 1. The average molecular weight is 247 g/mol. The molecule has 0 aromatic heterocycles. The number of benzene rings is 1. The lowest BCUT2D eigenvalue weighted by Gasteiger charge is -2.31. The lowest BCUT2D eigenvalue weighted by Crippen LogP contribution is -2.40. The predicted octanol–water partition coefficient (Wildman–Crippen LogP) is 2.28. The fourth-order valence-electron chi connectivity index (χ4n) is 1.68. The molecule has 3 nitrogen and oxygen atoms in total. The molecule has 2 rings (SSSR count). The Balaban J connectivity index is 0.00000128. The molecule has 0 radical (unpaired) electrons. The lowest BCUT2D eigenvalue weighted by molar-refractivity contribution is -0.0465. The average Bonchev–Trinajstić information content (AvgIpc) is 2.29. The molecule has 16 heavy (non-hydrogen) atoms. The number of hydrogen-bond donors (Lipinski definition) is 1. The fourth-order valence-corrected chi connectivity index (χ4v) is 1.68. The summed E-state index contributed by atoms with van der Waals surface area (Å²) in [7, 11) is 1.88. The van der Waals surface area contributed by atoms with E-state index in [0.29, 0.717) is 13.2 Å². The van der Waals surface area contributed by atoms with E-state index in [0.717, 1.165) is 17.9 Å². The molecule has 1 aliphatic rings. The zero-order chi connectivity index (χ0) is 10.7. The Morgan fingerprint density at radius 2 is 2.06 bits per heavy atom. The molecule has 1 aliphatic heterocycles. The minimum absolute atomic E-state index is 0. The van der Waals surface area contributed by atoms with Crippen LogP contribution in [0.15, 0.2) is 24.3 Å².